The van der Waals surface area contributed by atoms with Crippen molar-refractivity contribution in [2.24, 2.45) is 0 Å². The van der Waals surface area contributed by atoms with Crippen LogP contribution in [0.4, 0.5) is 0 Å². The molecule has 0 spiro atoms. The minimum Gasteiger partial charge on any atom is -0.395 e. The zero-order valence-corrected chi connectivity index (χ0v) is 9.15. The SMILES string of the molecule is Cc1cc(Cl)c(C#CCCO)cc1C. The van der Waals surface area contributed by atoms with Gasteiger partial charge in [0.25, 0.3) is 0 Å². The fourth-order valence-corrected chi connectivity index (χ4v) is 1.36. The summed E-state index contributed by atoms with van der Waals surface area (Å²) in [6.45, 7) is 4.14. The first-order valence-electron chi connectivity index (χ1n) is 4.51. The van der Waals surface area contributed by atoms with Gasteiger partial charge >= 0.3 is 0 Å². The largest absolute Gasteiger partial charge is 0.395 e. The van der Waals surface area contributed by atoms with Crippen LogP contribution in [0.15, 0.2) is 12.1 Å². The Morgan fingerprint density at radius 1 is 1.29 bits per heavy atom. The van der Waals surface area contributed by atoms with Crippen molar-refractivity contribution in [1.29, 1.82) is 0 Å². The predicted octanol–water partition coefficient (Wildman–Crippen LogP) is 2.69. The maximum Gasteiger partial charge on any atom is 0.0565 e. The molecule has 0 saturated heterocycles. The molecule has 1 aromatic carbocycles. The van der Waals surface area contributed by atoms with E-state index in [0.717, 1.165) is 5.56 Å². The van der Waals surface area contributed by atoms with Crippen molar-refractivity contribution in [3.8, 4) is 11.8 Å². The number of aryl methyl sites for hydroxylation is 2. The first-order chi connectivity index (χ1) is 6.65. The van der Waals surface area contributed by atoms with Crippen molar-refractivity contribution in [3.05, 3.63) is 33.8 Å². The third-order valence-corrected chi connectivity index (χ3v) is 2.36. The van der Waals surface area contributed by atoms with E-state index in [0.29, 0.717) is 11.4 Å². The van der Waals surface area contributed by atoms with Crippen molar-refractivity contribution in [1.82, 2.24) is 0 Å². The van der Waals surface area contributed by atoms with Crippen LogP contribution in [0.25, 0.3) is 0 Å². The zero-order valence-electron chi connectivity index (χ0n) is 8.39. The molecule has 0 aromatic heterocycles. The lowest BCUT2D eigenvalue weighted by Gasteiger charge is -2.02. The molecule has 0 atom stereocenters. The average molecular weight is 209 g/mol. The van der Waals surface area contributed by atoms with Gasteiger partial charge < -0.3 is 5.11 Å². The van der Waals surface area contributed by atoms with Crippen LogP contribution in [0.3, 0.4) is 0 Å². The Morgan fingerprint density at radius 2 is 1.93 bits per heavy atom. The van der Waals surface area contributed by atoms with Gasteiger partial charge in [-0.3, -0.25) is 0 Å². The Labute approximate surface area is 89.7 Å². The van der Waals surface area contributed by atoms with E-state index in [9.17, 15) is 0 Å². The maximum atomic E-state index is 8.58. The number of hydrogen-bond donors (Lipinski definition) is 1. The van der Waals surface area contributed by atoms with Crippen molar-refractivity contribution in [3.63, 3.8) is 0 Å². The molecule has 1 N–H and O–H groups in total. The molecule has 0 aliphatic heterocycles. The summed E-state index contributed by atoms with van der Waals surface area (Å²) in [6.07, 6.45) is 0.489. The van der Waals surface area contributed by atoms with Gasteiger partial charge in [-0.15, -0.1) is 0 Å². The molecule has 0 radical (unpaired) electrons. The van der Waals surface area contributed by atoms with Crippen LogP contribution in [-0.2, 0) is 0 Å². The second-order valence-electron chi connectivity index (χ2n) is 3.19. The van der Waals surface area contributed by atoms with E-state index in [1.54, 1.807) is 0 Å². The highest BCUT2D eigenvalue weighted by atomic mass is 35.5. The quantitative estimate of drug-likeness (QED) is 0.704. The summed E-state index contributed by atoms with van der Waals surface area (Å²) in [5, 5.41) is 9.26. The van der Waals surface area contributed by atoms with Crippen LogP contribution in [0, 0.1) is 25.7 Å². The van der Waals surface area contributed by atoms with E-state index in [-0.39, 0.29) is 6.61 Å². The molecule has 1 nitrogen and oxygen atoms in total. The number of halogens is 1. The van der Waals surface area contributed by atoms with Crippen LogP contribution >= 0.6 is 11.6 Å². The van der Waals surface area contributed by atoms with Gasteiger partial charge in [0.15, 0.2) is 0 Å². The van der Waals surface area contributed by atoms with Crippen molar-refractivity contribution in [2.45, 2.75) is 20.3 Å². The summed E-state index contributed by atoms with van der Waals surface area (Å²) in [6, 6.07) is 3.89. The molecule has 0 unspecified atom stereocenters. The lowest BCUT2D eigenvalue weighted by atomic mass is 10.1. The highest BCUT2D eigenvalue weighted by Gasteiger charge is 2.00. The van der Waals surface area contributed by atoms with E-state index in [4.69, 9.17) is 16.7 Å². The highest BCUT2D eigenvalue weighted by Crippen LogP contribution is 2.19. The van der Waals surface area contributed by atoms with Crippen LogP contribution in [0.2, 0.25) is 5.02 Å². The summed E-state index contributed by atoms with van der Waals surface area (Å²) >= 11 is 6.02. The monoisotopic (exact) mass is 208 g/mol. The molecule has 0 bridgehead atoms. The fraction of sp³-hybridized carbons (Fsp3) is 0.333. The van der Waals surface area contributed by atoms with Crippen molar-refractivity contribution in [2.75, 3.05) is 6.61 Å². The molecule has 2 heteroatoms. The summed E-state index contributed by atoms with van der Waals surface area (Å²) in [4.78, 5) is 0. The van der Waals surface area contributed by atoms with E-state index in [1.165, 1.54) is 11.1 Å². The second kappa shape index (κ2) is 5.05. The predicted molar refractivity (Wildman–Crippen MR) is 59.5 cm³/mol. The zero-order chi connectivity index (χ0) is 10.6. The number of hydrogen-bond acceptors (Lipinski definition) is 1. The van der Waals surface area contributed by atoms with Crippen molar-refractivity contribution < 1.29 is 5.11 Å². The first-order valence-corrected chi connectivity index (χ1v) is 4.89. The maximum absolute atomic E-state index is 8.58. The molecule has 74 valence electrons. The molecular weight excluding hydrogens is 196 g/mol. The van der Waals surface area contributed by atoms with Gasteiger partial charge in [-0.05, 0) is 37.1 Å². The molecule has 0 fully saturated rings. The van der Waals surface area contributed by atoms with Gasteiger partial charge in [0.2, 0.25) is 0 Å². The summed E-state index contributed by atoms with van der Waals surface area (Å²) < 4.78 is 0. The van der Waals surface area contributed by atoms with Gasteiger partial charge in [0.1, 0.15) is 0 Å². The Morgan fingerprint density at radius 3 is 2.57 bits per heavy atom. The van der Waals surface area contributed by atoms with Gasteiger partial charge in [-0.25, -0.2) is 0 Å². The van der Waals surface area contributed by atoms with Gasteiger partial charge in [0, 0.05) is 12.0 Å². The molecule has 1 rings (SSSR count). The summed E-state index contributed by atoms with van der Waals surface area (Å²) in [5.41, 5.74) is 3.19. The fourth-order valence-electron chi connectivity index (χ4n) is 1.09. The van der Waals surface area contributed by atoms with Crippen LogP contribution in [0.1, 0.15) is 23.1 Å². The van der Waals surface area contributed by atoms with E-state index in [1.807, 2.05) is 26.0 Å². The van der Waals surface area contributed by atoms with Gasteiger partial charge in [0.05, 0.1) is 11.6 Å². The van der Waals surface area contributed by atoms with Crippen molar-refractivity contribution >= 4 is 11.6 Å². The Kier molecular flexibility index (Phi) is 4.00. The lowest BCUT2D eigenvalue weighted by Crippen LogP contribution is -1.85. The van der Waals surface area contributed by atoms with E-state index >= 15 is 0 Å². The topological polar surface area (TPSA) is 20.2 Å². The molecule has 0 amide bonds. The standard InChI is InChI=1S/C12H13ClO/c1-9-7-11(5-3-4-6-14)12(13)8-10(9)2/h7-8,14H,4,6H2,1-2H3. The molecular formula is C12H13ClO. The lowest BCUT2D eigenvalue weighted by molar-refractivity contribution is 0.305. The number of aliphatic hydroxyl groups excluding tert-OH is 1. The third kappa shape index (κ3) is 2.77. The molecule has 0 aliphatic carbocycles. The minimum absolute atomic E-state index is 0.0927. The van der Waals surface area contributed by atoms with Crippen LogP contribution < -0.4 is 0 Å². The Bertz CT molecular complexity index is 385. The van der Waals surface area contributed by atoms with E-state index < -0.39 is 0 Å². The van der Waals surface area contributed by atoms with Gasteiger partial charge in [-0.1, -0.05) is 23.4 Å². The molecule has 0 saturated carbocycles. The Hall–Kier alpha value is -0.970. The third-order valence-electron chi connectivity index (χ3n) is 2.04. The normalized spacial score (nSPS) is 9.43. The van der Waals surface area contributed by atoms with Gasteiger partial charge in [-0.2, -0.15) is 0 Å². The molecule has 0 heterocycles. The van der Waals surface area contributed by atoms with Crippen LogP contribution in [0.5, 0.6) is 0 Å². The number of rotatable bonds is 1. The second-order valence-corrected chi connectivity index (χ2v) is 3.60. The highest BCUT2D eigenvalue weighted by molar-refractivity contribution is 6.31. The summed E-state index contributed by atoms with van der Waals surface area (Å²) in [5.74, 6) is 5.79. The average Bonchev–Trinajstić information content (AvgIpc) is 2.14. The smallest absolute Gasteiger partial charge is 0.0565 e. The first kappa shape index (κ1) is 11.1. The Balaban J connectivity index is 3.00. The molecule has 0 aliphatic rings. The van der Waals surface area contributed by atoms with Crippen LogP contribution in [-0.4, -0.2) is 11.7 Å². The molecule has 14 heavy (non-hydrogen) atoms. The number of aliphatic hydroxyl groups is 1. The van der Waals surface area contributed by atoms with E-state index in [2.05, 4.69) is 11.8 Å². The molecule has 1 aromatic rings. The summed E-state index contributed by atoms with van der Waals surface area (Å²) in [7, 11) is 0. The minimum atomic E-state index is 0.0927. The number of benzene rings is 1.